The van der Waals surface area contributed by atoms with E-state index in [0.29, 0.717) is 28.5 Å². The maximum absolute atomic E-state index is 12.3. The summed E-state index contributed by atoms with van der Waals surface area (Å²) in [7, 11) is -3.08. The first-order valence-electron chi connectivity index (χ1n) is 5.83. The number of hydrogen-bond donors (Lipinski definition) is 0. The van der Waals surface area contributed by atoms with Crippen LogP contribution in [-0.4, -0.2) is 29.7 Å². The minimum absolute atomic E-state index is 0.0234. The van der Waals surface area contributed by atoms with E-state index < -0.39 is 9.84 Å². The third-order valence-electron chi connectivity index (χ3n) is 3.25. The lowest BCUT2D eigenvalue weighted by Gasteiger charge is -2.22. The Bertz CT molecular complexity index is 793. The van der Waals surface area contributed by atoms with Gasteiger partial charge in [0.25, 0.3) is 5.56 Å². The number of fused-ring (bicyclic) bond motifs is 1. The van der Waals surface area contributed by atoms with Crippen LogP contribution < -0.4 is 5.56 Å². The standard InChI is InChI=1S/C11H11BrN2O4S/c12-10-4-8-9(18-10)5-13-14(11(8)15)7-2-1-3-19(16,17)6-7/h4-5,7H,1-3,6H2. The van der Waals surface area contributed by atoms with E-state index in [-0.39, 0.29) is 23.1 Å². The summed E-state index contributed by atoms with van der Waals surface area (Å²) in [6, 6.07) is 1.19. The van der Waals surface area contributed by atoms with Crippen molar-refractivity contribution >= 4 is 36.7 Å². The zero-order chi connectivity index (χ0) is 13.6. The van der Waals surface area contributed by atoms with E-state index in [1.165, 1.54) is 10.9 Å². The summed E-state index contributed by atoms with van der Waals surface area (Å²) in [5, 5.41) is 4.44. The molecule has 0 spiro atoms. The molecule has 3 heterocycles. The molecule has 1 atom stereocenters. The van der Waals surface area contributed by atoms with E-state index in [2.05, 4.69) is 21.0 Å². The van der Waals surface area contributed by atoms with Crippen molar-refractivity contribution in [3.63, 3.8) is 0 Å². The number of sulfone groups is 1. The van der Waals surface area contributed by atoms with Crippen molar-refractivity contribution in [3.8, 4) is 0 Å². The maximum atomic E-state index is 12.3. The fourth-order valence-corrected chi connectivity index (χ4v) is 4.45. The highest BCUT2D eigenvalue weighted by atomic mass is 79.9. The lowest BCUT2D eigenvalue weighted by molar-refractivity contribution is 0.419. The lowest BCUT2D eigenvalue weighted by atomic mass is 10.2. The summed E-state index contributed by atoms with van der Waals surface area (Å²) >= 11 is 3.16. The zero-order valence-electron chi connectivity index (χ0n) is 9.87. The summed E-state index contributed by atoms with van der Waals surface area (Å²) in [6.07, 6.45) is 2.66. The molecule has 0 amide bonds. The zero-order valence-corrected chi connectivity index (χ0v) is 12.3. The molecule has 0 bridgehead atoms. The van der Waals surface area contributed by atoms with Crippen molar-refractivity contribution in [2.24, 2.45) is 0 Å². The Labute approximate surface area is 117 Å². The van der Waals surface area contributed by atoms with E-state index >= 15 is 0 Å². The number of nitrogens with zero attached hydrogens (tertiary/aromatic N) is 2. The van der Waals surface area contributed by atoms with Crippen molar-refractivity contribution in [2.75, 3.05) is 11.5 Å². The minimum Gasteiger partial charge on any atom is -0.447 e. The SMILES string of the molecule is O=c1c2cc(Br)oc2cnn1C1CCCS(=O)(=O)C1. The molecule has 102 valence electrons. The average molecular weight is 347 g/mol. The highest BCUT2D eigenvalue weighted by Crippen LogP contribution is 2.23. The molecule has 1 unspecified atom stereocenters. The molecule has 3 rings (SSSR count). The molecule has 1 aliphatic rings. The quantitative estimate of drug-likeness (QED) is 0.781. The largest absolute Gasteiger partial charge is 0.447 e. The van der Waals surface area contributed by atoms with Gasteiger partial charge in [0.2, 0.25) is 0 Å². The van der Waals surface area contributed by atoms with Gasteiger partial charge in [-0.1, -0.05) is 0 Å². The molecule has 0 radical (unpaired) electrons. The van der Waals surface area contributed by atoms with Crippen LogP contribution in [0.2, 0.25) is 0 Å². The molecular weight excluding hydrogens is 336 g/mol. The summed E-state index contributed by atoms with van der Waals surface area (Å²) < 4.78 is 30.3. The molecule has 1 fully saturated rings. The molecule has 2 aromatic rings. The van der Waals surface area contributed by atoms with Gasteiger partial charge in [-0.3, -0.25) is 4.79 Å². The van der Waals surface area contributed by atoms with Crippen molar-refractivity contribution in [1.82, 2.24) is 9.78 Å². The Balaban J connectivity index is 2.10. The predicted molar refractivity (Wildman–Crippen MR) is 72.9 cm³/mol. The minimum atomic E-state index is -3.08. The molecular formula is C11H11BrN2O4S. The highest BCUT2D eigenvalue weighted by molar-refractivity contribution is 9.10. The molecule has 0 aromatic carbocycles. The van der Waals surface area contributed by atoms with Gasteiger partial charge in [0.15, 0.2) is 20.1 Å². The fraction of sp³-hybridized carbons (Fsp3) is 0.455. The molecule has 1 saturated heterocycles. The predicted octanol–water partition coefficient (Wildman–Crippen LogP) is 1.50. The van der Waals surface area contributed by atoms with Gasteiger partial charge >= 0.3 is 0 Å². The number of halogens is 1. The Hall–Kier alpha value is -1.15. The van der Waals surface area contributed by atoms with Gasteiger partial charge < -0.3 is 4.42 Å². The lowest BCUT2D eigenvalue weighted by Crippen LogP contribution is -2.35. The first-order valence-corrected chi connectivity index (χ1v) is 8.45. The molecule has 0 aliphatic carbocycles. The van der Waals surface area contributed by atoms with Gasteiger partial charge in [0.05, 0.1) is 29.1 Å². The molecule has 6 nitrogen and oxygen atoms in total. The smallest absolute Gasteiger partial charge is 0.278 e. The number of rotatable bonds is 1. The second-order valence-corrected chi connectivity index (χ2v) is 7.64. The van der Waals surface area contributed by atoms with Crippen LogP contribution >= 0.6 is 15.9 Å². The van der Waals surface area contributed by atoms with Gasteiger partial charge in [-0.15, -0.1) is 0 Å². The van der Waals surface area contributed by atoms with Crippen LogP contribution in [0.1, 0.15) is 18.9 Å². The van der Waals surface area contributed by atoms with Crippen LogP contribution in [0.5, 0.6) is 0 Å². The van der Waals surface area contributed by atoms with E-state index in [9.17, 15) is 13.2 Å². The molecule has 8 heteroatoms. The monoisotopic (exact) mass is 346 g/mol. The second kappa shape index (κ2) is 4.45. The second-order valence-electron chi connectivity index (χ2n) is 4.63. The van der Waals surface area contributed by atoms with Crippen molar-refractivity contribution in [2.45, 2.75) is 18.9 Å². The van der Waals surface area contributed by atoms with Crippen LogP contribution in [0.3, 0.4) is 0 Å². The third-order valence-corrected chi connectivity index (χ3v) is 5.45. The Morgan fingerprint density at radius 2 is 2.26 bits per heavy atom. The van der Waals surface area contributed by atoms with Crippen molar-refractivity contribution < 1.29 is 12.8 Å². The Kier molecular flexibility index (Phi) is 3.01. The molecule has 1 aliphatic heterocycles. The third kappa shape index (κ3) is 2.34. The highest BCUT2D eigenvalue weighted by Gasteiger charge is 2.28. The average Bonchev–Trinajstić information content (AvgIpc) is 2.70. The van der Waals surface area contributed by atoms with Gasteiger partial charge in [0.1, 0.15) is 0 Å². The number of furan rings is 1. The van der Waals surface area contributed by atoms with Crippen molar-refractivity contribution in [3.05, 3.63) is 27.3 Å². The van der Waals surface area contributed by atoms with Crippen LogP contribution in [0.25, 0.3) is 11.0 Å². The Morgan fingerprint density at radius 1 is 1.47 bits per heavy atom. The summed E-state index contributed by atoms with van der Waals surface area (Å²) in [6.45, 7) is 0. The van der Waals surface area contributed by atoms with E-state index in [4.69, 9.17) is 4.42 Å². The number of hydrogen-bond acceptors (Lipinski definition) is 5. The van der Waals surface area contributed by atoms with Crippen molar-refractivity contribution in [1.29, 1.82) is 0 Å². The molecule has 0 saturated carbocycles. The molecule has 2 aromatic heterocycles. The molecule has 19 heavy (non-hydrogen) atoms. The van der Waals surface area contributed by atoms with E-state index in [1.807, 2.05) is 0 Å². The van der Waals surface area contributed by atoms with E-state index in [1.54, 1.807) is 6.07 Å². The maximum Gasteiger partial charge on any atom is 0.278 e. The van der Waals surface area contributed by atoms with Crippen LogP contribution in [0, 0.1) is 0 Å². The fourth-order valence-electron chi connectivity index (χ4n) is 2.38. The van der Waals surface area contributed by atoms with Gasteiger partial charge in [-0.25, -0.2) is 13.1 Å². The van der Waals surface area contributed by atoms with Gasteiger partial charge in [0, 0.05) is 6.07 Å². The first kappa shape index (κ1) is 12.9. The van der Waals surface area contributed by atoms with Crippen LogP contribution in [0.15, 0.2) is 26.1 Å². The summed E-state index contributed by atoms with van der Waals surface area (Å²) in [5.74, 6) is 0.169. The number of aromatic nitrogens is 2. The van der Waals surface area contributed by atoms with Gasteiger partial charge in [-0.05, 0) is 28.8 Å². The summed E-state index contributed by atoms with van der Waals surface area (Å²) in [5.41, 5.74) is 0.0841. The molecule has 0 N–H and O–H groups in total. The van der Waals surface area contributed by atoms with E-state index in [0.717, 1.165) is 0 Å². The summed E-state index contributed by atoms with van der Waals surface area (Å²) in [4.78, 5) is 12.3. The normalized spacial score (nSPS) is 22.7. The Morgan fingerprint density at radius 3 is 3.00 bits per heavy atom. The topological polar surface area (TPSA) is 82.2 Å². The van der Waals surface area contributed by atoms with Crippen LogP contribution in [-0.2, 0) is 9.84 Å². The van der Waals surface area contributed by atoms with Crippen LogP contribution in [0.4, 0.5) is 0 Å². The first-order chi connectivity index (χ1) is 8.96. The van der Waals surface area contributed by atoms with Gasteiger partial charge in [-0.2, -0.15) is 5.10 Å².